The third kappa shape index (κ3) is 4.03. The van der Waals surface area contributed by atoms with E-state index < -0.39 is 0 Å². The third-order valence-corrected chi connectivity index (χ3v) is 3.32. The molecule has 21 heavy (non-hydrogen) atoms. The second-order valence-corrected chi connectivity index (χ2v) is 5.17. The van der Waals surface area contributed by atoms with Crippen molar-refractivity contribution in [3.8, 4) is 0 Å². The SMILES string of the molecule is COCCN(CCC(N)=S)C(=O)c1cc2ccccc2o1. The Hall–Kier alpha value is -1.92. The summed E-state index contributed by atoms with van der Waals surface area (Å²) in [6, 6.07) is 9.26. The summed E-state index contributed by atoms with van der Waals surface area (Å²) in [7, 11) is 1.59. The molecule has 0 aliphatic carbocycles. The molecule has 6 heteroatoms. The number of amides is 1. The number of thiocarbonyl (C=S) groups is 1. The van der Waals surface area contributed by atoms with Crippen LogP contribution in [0, 0.1) is 0 Å². The van der Waals surface area contributed by atoms with Gasteiger partial charge < -0.3 is 19.8 Å². The fourth-order valence-electron chi connectivity index (χ4n) is 2.00. The molecule has 2 N–H and O–H groups in total. The third-order valence-electron chi connectivity index (χ3n) is 3.12. The van der Waals surface area contributed by atoms with E-state index in [1.807, 2.05) is 24.3 Å². The van der Waals surface area contributed by atoms with Gasteiger partial charge in [0.2, 0.25) is 0 Å². The summed E-state index contributed by atoms with van der Waals surface area (Å²) in [5.41, 5.74) is 6.20. The molecule has 0 unspecified atom stereocenters. The van der Waals surface area contributed by atoms with Gasteiger partial charge in [0.15, 0.2) is 5.76 Å². The Labute approximate surface area is 128 Å². The lowest BCUT2D eigenvalue weighted by atomic mass is 10.2. The van der Waals surface area contributed by atoms with E-state index in [4.69, 9.17) is 27.1 Å². The lowest BCUT2D eigenvalue weighted by Gasteiger charge is -2.20. The minimum Gasteiger partial charge on any atom is -0.451 e. The van der Waals surface area contributed by atoms with Gasteiger partial charge in [-0.2, -0.15) is 0 Å². The van der Waals surface area contributed by atoms with Crippen LogP contribution in [-0.4, -0.2) is 42.6 Å². The van der Waals surface area contributed by atoms with Crippen LogP contribution in [0.15, 0.2) is 34.7 Å². The lowest BCUT2D eigenvalue weighted by Crippen LogP contribution is -2.36. The number of carbonyl (C=O) groups is 1. The molecule has 0 aliphatic heterocycles. The van der Waals surface area contributed by atoms with Gasteiger partial charge in [0, 0.05) is 32.0 Å². The minimum absolute atomic E-state index is 0.181. The van der Waals surface area contributed by atoms with E-state index in [1.54, 1.807) is 18.1 Å². The van der Waals surface area contributed by atoms with Gasteiger partial charge in [0.1, 0.15) is 5.58 Å². The van der Waals surface area contributed by atoms with Crippen molar-refractivity contribution in [3.63, 3.8) is 0 Å². The molecule has 2 aromatic rings. The number of hydrogen-bond donors (Lipinski definition) is 1. The second kappa shape index (κ2) is 7.19. The maximum absolute atomic E-state index is 12.5. The van der Waals surface area contributed by atoms with E-state index >= 15 is 0 Å². The molecule has 0 bridgehead atoms. The highest BCUT2D eigenvalue weighted by Crippen LogP contribution is 2.20. The summed E-state index contributed by atoms with van der Waals surface area (Å²) in [6.45, 7) is 1.37. The first kappa shape index (κ1) is 15.5. The summed E-state index contributed by atoms with van der Waals surface area (Å²) in [5.74, 6) is 0.134. The number of benzene rings is 1. The van der Waals surface area contributed by atoms with E-state index in [1.165, 1.54) is 0 Å². The van der Waals surface area contributed by atoms with Crippen molar-refractivity contribution in [3.05, 3.63) is 36.1 Å². The predicted octanol–water partition coefficient (Wildman–Crippen LogP) is 2.20. The van der Waals surface area contributed by atoms with Crippen LogP contribution in [-0.2, 0) is 4.74 Å². The molecule has 1 aromatic heterocycles. The monoisotopic (exact) mass is 306 g/mol. The number of para-hydroxylation sites is 1. The fourth-order valence-corrected chi connectivity index (χ4v) is 2.10. The highest BCUT2D eigenvalue weighted by Gasteiger charge is 2.19. The van der Waals surface area contributed by atoms with Crippen LogP contribution >= 0.6 is 12.2 Å². The molecular weight excluding hydrogens is 288 g/mol. The first-order valence-electron chi connectivity index (χ1n) is 6.67. The van der Waals surface area contributed by atoms with Crippen molar-refractivity contribution < 1.29 is 13.9 Å². The van der Waals surface area contributed by atoms with E-state index in [-0.39, 0.29) is 5.91 Å². The van der Waals surface area contributed by atoms with Crippen molar-refractivity contribution in [2.45, 2.75) is 6.42 Å². The number of nitrogens with two attached hydrogens (primary N) is 1. The molecule has 0 saturated heterocycles. The van der Waals surface area contributed by atoms with Crippen molar-refractivity contribution in [2.75, 3.05) is 26.8 Å². The summed E-state index contributed by atoms with van der Waals surface area (Å²) < 4.78 is 10.6. The van der Waals surface area contributed by atoms with E-state index in [9.17, 15) is 4.79 Å². The van der Waals surface area contributed by atoms with Crippen molar-refractivity contribution >= 4 is 34.1 Å². The number of carbonyl (C=O) groups excluding carboxylic acids is 1. The van der Waals surface area contributed by atoms with E-state index in [0.29, 0.717) is 42.4 Å². The van der Waals surface area contributed by atoms with Crippen LogP contribution in [0.25, 0.3) is 11.0 Å². The summed E-state index contributed by atoms with van der Waals surface area (Å²) in [4.78, 5) is 14.5. The highest BCUT2D eigenvalue weighted by atomic mass is 32.1. The van der Waals surface area contributed by atoms with Gasteiger partial charge in [-0.15, -0.1) is 0 Å². The molecule has 112 valence electrons. The standard InChI is InChI=1S/C15H18N2O3S/c1-19-9-8-17(7-6-14(16)21)15(18)13-10-11-4-2-3-5-12(11)20-13/h2-5,10H,6-9H2,1H3,(H2,16,21). The van der Waals surface area contributed by atoms with E-state index in [2.05, 4.69) is 0 Å². The van der Waals surface area contributed by atoms with Gasteiger partial charge in [-0.25, -0.2) is 0 Å². The fraction of sp³-hybridized carbons (Fsp3) is 0.333. The number of methoxy groups -OCH3 is 1. The number of fused-ring (bicyclic) bond motifs is 1. The molecule has 1 aromatic carbocycles. The Kier molecular flexibility index (Phi) is 5.30. The van der Waals surface area contributed by atoms with Crippen molar-refractivity contribution in [1.29, 1.82) is 0 Å². The molecular formula is C15H18N2O3S. The molecule has 2 rings (SSSR count). The molecule has 0 saturated carbocycles. The Bertz CT molecular complexity index is 606. The minimum atomic E-state index is -0.181. The Morgan fingerprint density at radius 1 is 1.38 bits per heavy atom. The number of nitrogens with zero attached hydrogens (tertiary/aromatic N) is 1. The maximum atomic E-state index is 12.5. The largest absolute Gasteiger partial charge is 0.451 e. The number of hydrogen-bond acceptors (Lipinski definition) is 4. The number of furan rings is 1. The molecule has 0 spiro atoms. The van der Waals surface area contributed by atoms with Crippen LogP contribution in [0.4, 0.5) is 0 Å². The summed E-state index contributed by atoms with van der Waals surface area (Å²) in [6.07, 6.45) is 0.477. The Balaban J connectivity index is 2.17. The quantitative estimate of drug-likeness (QED) is 0.794. The molecule has 0 fully saturated rings. The number of ether oxygens (including phenoxy) is 1. The zero-order chi connectivity index (χ0) is 15.2. The number of rotatable bonds is 7. The highest BCUT2D eigenvalue weighted by molar-refractivity contribution is 7.80. The van der Waals surface area contributed by atoms with Gasteiger partial charge >= 0.3 is 0 Å². The van der Waals surface area contributed by atoms with E-state index in [0.717, 1.165) is 5.39 Å². The van der Waals surface area contributed by atoms with Gasteiger partial charge in [0.05, 0.1) is 11.6 Å². The van der Waals surface area contributed by atoms with Crippen molar-refractivity contribution in [2.24, 2.45) is 5.73 Å². The van der Waals surface area contributed by atoms with Gasteiger partial charge in [-0.3, -0.25) is 4.79 Å². The molecule has 1 amide bonds. The van der Waals surface area contributed by atoms with Crippen LogP contribution in [0.2, 0.25) is 0 Å². The average molecular weight is 306 g/mol. The predicted molar refractivity (Wildman–Crippen MR) is 85.4 cm³/mol. The normalized spacial score (nSPS) is 10.7. The summed E-state index contributed by atoms with van der Waals surface area (Å²) in [5, 5.41) is 0.905. The van der Waals surface area contributed by atoms with Crippen LogP contribution in [0.3, 0.4) is 0 Å². The first-order valence-corrected chi connectivity index (χ1v) is 7.07. The first-order chi connectivity index (χ1) is 10.1. The maximum Gasteiger partial charge on any atom is 0.289 e. The molecule has 1 heterocycles. The smallest absolute Gasteiger partial charge is 0.289 e. The van der Waals surface area contributed by atoms with Crippen molar-refractivity contribution in [1.82, 2.24) is 4.90 Å². The average Bonchev–Trinajstić information content (AvgIpc) is 2.90. The van der Waals surface area contributed by atoms with Gasteiger partial charge in [0.25, 0.3) is 5.91 Å². The molecule has 0 atom stereocenters. The topological polar surface area (TPSA) is 68.7 Å². The van der Waals surface area contributed by atoms with Gasteiger partial charge in [-0.05, 0) is 12.1 Å². The zero-order valence-corrected chi connectivity index (χ0v) is 12.7. The zero-order valence-electron chi connectivity index (χ0n) is 11.9. The van der Waals surface area contributed by atoms with Crippen LogP contribution < -0.4 is 5.73 Å². The van der Waals surface area contributed by atoms with Gasteiger partial charge in [-0.1, -0.05) is 30.4 Å². The molecule has 0 radical (unpaired) electrons. The lowest BCUT2D eigenvalue weighted by molar-refractivity contribution is 0.0672. The molecule has 5 nitrogen and oxygen atoms in total. The summed E-state index contributed by atoms with van der Waals surface area (Å²) >= 11 is 4.87. The Morgan fingerprint density at radius 2 is 2.14 bits per heavy atom. The Morgan fingerprint density at radius 3 is 2.81 bits per heavy atom. The van der Waals surface area contributed by atoms with Crippen LogP contribution in [0.5, 0.6) is 0 Å². The molecule has 0 aliphatic rings. The second-order valence-electron chi connectivity index (χ2n) is 4.65. The van der Waals surface area contributed by atoms with Crippen LogP contribution in [0.1, 0.15) is 17.0 Å².